The maximum Gasteiger partial charge on any atom is 0.226 e. The zero-order valence-electron chi connectivity index (χ0n) is 16.3. The van der Waals surface area contributed by atoms with E-state index in [4.69, 9.17) is 4.74 Å². The molecule has 3 atom stereocenters. The number of carbonyl (C=O) groups excluding carboxylic acids is 1. The van der Waals surface area contributed by atoms with Gasteiger partial charge in [-0.1, -0.05) is 25.1 Å². The monoisotopic (exact) mass is 379 g/mol. The van der Waals surface area contributed by atoms with E-state index in [1.165, 1.54) is 0 Å². The van der Waals surface area contributed by atoms with Crippen molar-refractivity contribution in [3.05, 3.63) is 29.8 Å². The average Bonchev–Trinajstić information content (AvgIpc) is 3.26. The van der Waals surface area contributed by atoms with Crippen LogP contribution in [0.15, 0.2) is 24.3 Å². The number of fused-ring (bicyclic) bond motifs is 2. The molecule has 1 aliphatic carbocycles. The van der Waals surface area contributed by atoms with Crippen LogP contribution in [0.5, 0.6) is 5.75 Å². The number of para-hydroxylation sites is 1. The lowest BCUT2D eigenvalue weighted by Crippen LogP contribution is -2.44. The van der Waals surface area contributed by atoms with Crippen LogP contribution in [0, 0.1) is 5.92 Å². The van der Waals surface area contributed by atoms with Gasteiger partial charge in [-0.05, 0) is 39.7 Å². The molecule has 1 heterocycles. The summed E-state index contributed by atoms with van der Waals surface area (Å²) in [6.07, 6.45) is 1.59. The first-order valence-corrected chi connectivity index (χ1v) is 11.1. The second-order valence-corrected chi connectivity index (χ2v) is 10.8. The molecule has 3 rings (SSSR count). The number of rotatable bonds is 5. The maximum absolute atomic E-state index is 13.1. The first-order valence-electron chi connectivity index (χ1n) is 9.27. The molecular weight excluding hydrogens is 350 g/mol. The first-order chi connectivity index (χ1) is 12.0. The maximum atomic E-state index is 13.1. The van der Waals surface area contributed by atoms with Crippen LogP contribution in [0.4, 0.5) is 0 Å². The van der Waals surface area contributed by atoms with Crippen LogP contribution in [0.1, 0.15) is 46.1 Å². The zero-order chi connectivity index (χ0) is 19.3. The van der Waals surface area contributed by atoms with Gasteiger partial charge in [0.15, 0.2) is 9.84 Å². The van der Waals surface area contributed by atoms with E-state index in [0.29, 0.717) is 0 Å². The van der Waals surface area contributed by atoms with Crippen molar-refractivity contribution in [3.8, 4) is 5.75 Å². The van der Waals surface area contributed by atoms with Crippen molar-refractivity contribution in [2.75, 3.05) is 18.6 Å². The zero-order valence-corrected chi connectivity index (χ0v) is 17.1. The molecule has 1 fully saturated rings. The van der Waals surface area contributed by atoms with Gasteiger partial charge in [0.1, 0.15) is 11.4 Å². The molecule has 0 aromatic heterocycles. The Hall–Kier alpha value is -1.56. The van der Waals surface area contributed by atoms with E-state index in [1.54, 1.807) is 18.9 Å². The van der Waals surface area contributed by atoms with Gasteiger partial charge < -0.3 is 9.64 Å². The molecule has 1 spiro atoms. The highest BCUT2D eigenvalue weighted by atomic mass is 32.2. The second kappa shape index (κ2) is 6.25. The van der Waals surface area contributed by atoms with Crippen molar-refractivity contribution in [1.82, 2.24) is 4.90 Å². The molecule has 26 heavy (non-hydrogen) atoms. The number of sulfone groups is 1. The highest BCUT2D eigenvalue weighted by molar-refractivity contribution is 7.91. The Kier molecular flexibility index (Phi) is 4.62. The number of hydrogen-bond donors (Lipinski definition) is 0. The summed E-state index contributed by atoms with van der Waals surface area (Å²) in [4.78, 5) is 14.7. The summed E-state index contributed by atoms with van der Waals surface area (Å²) in [5.41, 5.74) is 0.603. The Bertz CT molecular complexity index is 817. The van der Waals surface area contributed by atoms with Crippen LogP contribution in [0.25, 0.3) is 0 Å². The summed E-state index contributed by atoms with van der Waals surface area (Å²) in [6.45, 7) is 7.57. The van der Waals surface area contributed by atoms with Gasteiger partial charge in [-0.25, -0.2) is 8.42 Å². The average molecular weight is 380 g/mol. The van der Waals surface area contributed by atoms with Gasteiger partial charge in [-0.15, -0.1) is 0 Å². The van der Waals surface area contributed by atoms with Crippen LogP contribution in [0.3, 0.4) is 0 Å². The summed E-state index contributed by atoms with van der Waals surface area (Å²) in [5, 5.41) is 0. The number of carbonyl (C=O) groups is 1. The number of nitrogens with zero attached hydrogens (tertiary/aromatic N) is 1. The lowest BCUT2D eigenvalue weighted by Gasteiger charge is -2.39. The molecule has 2 aliphatic rings. The van der Waals surface area contributed by atoms with Gasteiger partial charge >= 0.3 is 0 Å². The minimum absolute atomic E-state index is 0.0106. The van der Waals surface area contributed by atoms with E-state index in [2.05, 4.69) is 19.9 Å². The lowest BCUT2D eigenvalue weighted by molar-refractivity contribution is -0.133. The molecule has 1 aromatic carbocycles. The van der Waals surface area contributed by atoms with Gasteiger partial charge in [0.25, 0.3) is 0 Å². The Morgan fingerprint density at radius 3 is 2.65 bits per heavy atom. The third-order valence-corrected chi connectivity index (χ3v) is 7.74. The van der Waals surface area contributed by atoms with Gasteiger partial charge in [-0.2, -0.15) is 0 Å². The van der Waals surface area contributed by atoms with Crippen LogP contribution in [0.2, 0.25) is 0 Å². The summed E-state index contributed by atoms with van der Waals surface area (Å²) in [5.74, 6) is 0.908. The van der Waals surface area contributed by atoms with Crippen molar-refractivity contribution in [2.24, 2.45) is 5.92 Å². The standard InChI is InChI=1S/C20H29NO4S/c1-6-26(23,24)12-14(2)21(5)18(22)16-11-20(16)13-19(3,4)25-17-10-8-7-9-15(17)20/h7-10,14,16H,6,11-13H2,1-5H3/t14-,16-,20+/m1/s1. The fourth-order valence-electron chi connectivity index (χ4n) is 4.34. The molecule has 6 heteroatoms. The van der Waals surface area contributed by atoms with Crippen molar-refractivity contribution < 1.29 is 17.9 Å². The Labute approximate surface area is 156 Å². The predicted octanol–water partition coefficient (Wildman–Crippen LogP) is 2.79. The van der Waals surface area contributed by atoms with E-state index < -0.39 is 9.84 Å². The summed E-state index contributed by atoms with van der Waals surface area (Å²) < 4.78 is 29.9. The summed E-state index contributed by atoms with van der Waals surface area (Å²) in [7, 11) is -1.39. The molecule has 5 nitrogen and oxygen atoms in total. The molecule has 1 aromatic rings. The van der Waals surface area contributed by atoms with Crippen LogP contribution in [-0.4, -0.2) is 49.4 Å². The lowest BCUT2D eigenvalue weighted by atomic mass is 9.79. The highest BCUT2D eigenvalue weighted by Gasteiger charge is 2.64. The van der Waals surface area contributed by atoms with E-state index >= 15 is 0 Å². The summed E-state index contributed by atoms with van der Waals surface area (Å²) in [6, 6.07) is 7.65. The Morgan fingerprint density at radius 2 is 2.00 bits per heavy atom. The van der Waals surface area contributed by atoms with Crippen LogP contribution < -0.4 is 4.74 Å². The largest absolute Gasteiger partial charge is 0.488 e. The molecule has 0 bridgehead atoms. The molecule has 144 valence electrons. The third-order valence-electron chi connectivity index (χ3n) is 5.87. The van der Waals surface area contributed by atoms with Crippen molar-refractivity contribution in [2.45, 2.75) is 57.6 Å². The molecule has 1 saturated carbocycles. The molecule has 0 unspecified atom stereocenters. The fraction of sp³-hybridized carbons (Fsp3) is 0.650. The van der Waals surface area contributed by atoms with Crippen LogP contribution >= 0.6 is 0 Å². The minimum Gasteiger partial charge on any atom is -0.488 e. The molecule has 1 amide bonds. The SMILES string of the molecule is CCS(=O)(=O)C[C@@H](C)N(C)C(=O)[C@H]1C[C@@]12CC(C)(C)Oc1ccccc12. The molecule has 0 N–H and O–H groups in total. The second-order valence-electron chi connectivity index (χ2n) is 8.44. The Balaban J connectivity index is 1.82. The van der Waals surface area contributed by atoms with Gasteiger partial charge in [0, 0.05) is 35.7 Å². The van der Waals surface area contributed by atoms with E-state index in [1.807, 2.05) is 25.1 Å². The first kappa shape index (κ1) is 19.2. The van der Waals surface area contributed by atoms with Gasteiger partial charge in [-0.3, -0.25) is 4.79 Å². The fourth-order valence-corrected chi connectivity index (χ4v) is 5.53. The van der Waals surface area contributed by atoms with E-state index in [0.717, 1.165) is 24.2 Å². The van der Waals surface area contributed by atoms with Gasteiger partial charge in [0.2, 0.25) is 5.91 Å². The van der Waals surface area contributed by atoms with E-state index in [-0.39, 0.29) is 40.4 Å². The third kappa shape index (κ3) is 3.36. The number of benzene rings is 1. The topological polar surface area (TPSA) is 63.7 Å². The number of ether oxygens (including phenoxy) is 1. The van der Waals surface area contributed by atoms with Crippen LogP contribution in [-0.2, 0) is 20.0 Å². The van der Waals surface area contributed by atoms with Gasteiger partial charge in [0.05, 0.1) is 5.75 Å². The predicted molar refractivity (Wildman–Crippen MR) is 102 cm³/mol. The van der Waals surface area contributed by atoms with Crippen molar-refractivity contribution in [3.63, 3.8) is 0 Å². The summed E-state index contributed by atoms with van der Waals surface area (Å²) >= 11 is 0. The number of hydrogen-bond acceptors (Lipinski definition) is 4. The van der Waals surface area contributed by atoms with Crippen molar-refractivity contribution in [1.29, 1.82) is 0 Å². The molecule has 0 saturated heterocycles. The molecule has 1 aliphatic heterocycles. The number of amides is 1. The van der Waals surface area contributed by atoms with E-state index in [9.17, 15) is 13.2 Å². The smallest absolute Gasteiger partial charge is 0.226 e. The normalized spacial score (nSPS) is 27.3. The highest BCUT2D eigenvalue weighted by Crippen LogP contribution is 2.63. The minimum atomic E-state index is -3.12. The molecule has 0 radical (unpaired) electrons. The Morgan fingerprint density at radius 1 is 1.35 bits per heavy atom. The van der Waals surface area contributed by atoms with Crippen molar-refractivity contribution >= 4 is 15.7 Å². The molecular formula is C20H29NO4S. The quantitative estimate of drug-likeness (QED) is 0.789.